The maximum atomic E-state index is 8.68. The zero-order chi connectivity index (χ0) is 14.7. The topological polar surface area (TPSA) is 61.9 Å². The molecule has 1 aromatic carbocycles. The lowest BCUT2D eigenvalue weighted by atomic mass is 10.1. The van der Waals surface area contributed by atoms with E-state index in [4.69, 9.17) is 10.9 Å². The van der Waals surface area contributed by atoms with Gasteiger partial charge >= 0.3 is 0 Å². The van der Waals surface area contributed by atoms with Crippen LogP contribution in [0.5, 0.6) is 0 Å². The SMILES string of the molecule is NC(=NO)c1ccc(CN(Cc2ccsc2)C2CC2)cc1. The molecule has 21 heavy (non-hydrogen) atoms. The second-order valence-electron chi connectivity index (χ2n) is 5.45. The van der Waals surface area contributed by atoms with Crippen LogP contribution in [-0.2, 0) is 13.1 Å². The Balaban J connectivity index is 1.68. The third kappa shape index (κ3) is 3.62. The number of nitrogens with two attached hydrogens (primary N) is 1. The first-order valence-electron chi connectivity index (χ1n) is 7.08. The molecule has 3 N–H and O–H groups in total. The van der Waals surface area contributed by atoms with Crippen molar-refractivity contribution >= 4 is 17.2 Å². The molecule has 1 aromatic heterocycles. The lowest BCUT2D eigenvalue weighted by Crippen LogP contribution is -2.24. The molecular formula is C16H19N3OS. The van der Waals surface area contributed by atoms with E-state index < -0.39 is 0 Å². The van der Waals surface area contributed by atoms with Gasteiger partial charge in [-0.25, -0.2) is 0 Å². The van der Waals surface area contributed by atoms with E-state index in [1.165, 1.54) is 24.0 Å². The Morgan fingerprint density at radius 1 is 1.19 bits per heavy atom. The van der Waals surface area contributed by atoms with Gasteiger partial charge in [0, 0.05) is 24.7 Å². The molecule has 0 atom stereocenters. The highest BCUT2D eigenvalue weighted by molar-refractivity contribution is 7.07. The summed E-state index contributed by atoms with van der Waals surface area (Å²) < 4.78 is 0. The van der Waals surface area contributed by atoms with Gasteiger partial charge < -0.3 is 10.9 Å². The molecule has 110 valence electrons. The van der Waals surface area contributed by atoms with E-state index in [2.05, 4.69) is 39.0 Å². The number of rotatable bonds is 6. The summed E-state index contributed by atoms with van der Waals surface area (Å²) >= 11 is 1.75. The predicted molar refractivity (Wildman–Crippen MR) is 85.5 cm³/mol. The average Bonchev–Trinajstić information content (AvgIpc) is 3.24. The molecule has 4 nitrogen and oxygen atoms in total. The molecule has 0 saturated heterocycles. The largest absolute Gasteiger partial charge is 0.409 e. The molecule has 1 saturated carbocycles. The van der Waals surface area contributed by atoms with Crippen molar-refractivity contribution in [3.63, 3.8) is 0 Å². The van der Waals surface area contributed by atoms with Crippen LogP contribution < -0.4 is 5.73 Å². The quantitative estimate of drug-likeness (QED) is 0.373. The number of thiophene rings is 1. The Kier molecular flexibility index (Phi) is 4.22. The van der Waals surface area contributed by atoms with Crippen LogP contribution in [0.4, 0.5) is 0 Å². The van der Waals surface area contributed by atoms with Crippen molar-refractivity contribution in [2.75, 3.05) is 0 Å². The number of nitrogens with zero attached hydrogens (tertiary/aromatic N) is 2. The van der Waals surface area contributed by atoms with Crippen molar-refractivity contribution in [1.82, 2.24) is 4.90 Å². The highest BCUT2D eigenvalue weighted by Gasteiger charge is 2.28. The number of benzene rings is 1. The van der Waals surface area contributed by atoms with E-state index in [9.17, 15) is 0 Å². The Hall–Kier alpha value is -1.85. The highest BCUT2D eigenvalue weighted by atomic mass is 32.1. The maximum Gasteiger partial charge on any atom is 0.170 e. The standard InChI is InChI=1S/C16H19N3OS/c17-16(18-20)14-3-1-12(2-4-14)9-19(15-5-6-15)10-13-7-8-21-11-13/h1-4,7-8,11,15,20H,5-6,9-10H2,(H2,17,18). The van der Waals surface area contributed by atoms with Crippen molar-refractivity contribution in [1.29, 1.82) is 0 Å². The highest BCUT2D eigenvalue weighted by Crippen LogP contribution is 2.30. The zero-order valence-electron chi connectivity index (χ0n) is 11.8. The molecule has 5 heteroatoms. The lowest BCUT2D eigenvalue weighted by molar-refractivity contribution is 0.246. The van der Waals surface area contributed by atoms with E-state index >= 15 is 0 Å². The number of amidine groups is 1. The fraction of sp³-hybridized carbons (Fsp3) is 0.312. The molecular weight excluding hydrogens is 282 g/mol. The fourth-order valence-electron chi connectivity index (χ4n) is 2.44. The normalized spacial score (nSPS) is 15.6. The van der Waals surface area contributed by atoms with Crippen molar-refractivity contribution in [3.05, 3.63) is 57.8 Å². The van der Waals surface area contributed by atoms with Crippen LogP contribution in [0.15, 0.2) is 46.2 Å². The van der Waals surface area contributed by atoms with Gasteiger partial charge in [0.25, 0.3) is 0 Å². The summed E-state index contributed by atoms with van der Waals surface area (Å²) in [5.41, 5.74) is 8.98. The van der Waals surface area contributed by atoms with E-state index in [0.29, 0.717) is 6.04 Å². The summed E-state index contributed by atoms with van der Waals surface area (Å²) in [4.78, 5) is 2.53. The second kappa shape index (κ2) is 6.28. The number of hydrogen-bond donors (Lipinski definition) is 2. The molecule has 0 radical (unpaired) electrons. The van der Waals surface area contributed by atoms with E-state index in [1.807, 2.05) is 12.1 Å². The first-order chi connectivity index (χ1) is 10.3. The van der Waals surface area contributed by atoms with Gasteiger partial charge in [0.15, 0.2) is 5.84 Å². The summed E-state index contributed by atoms with van der Waals surface area (Å²) in [6, 6.07) is 10.8. The zero-order valence-corrected chi connectivity index (χ0v) is 12.6. The summed E-state index contributed by atoms with van der Waals surface area (Å²) in [5, 5.41) is 16.1. The molecule has 3 rings (SSSR count). The minimum Gasteiger partial charge on any atom is -0.409 e. The molecule has 0 spiro atoms. The van der Waals surface area contributed by atoms with Gasteiger partial charge in [-0.1, -0.05) is 29.4 Å². The van der Waals surface area contributed by atoms with Crippen LogP contribution in [0, 0.1) is 0 Å². The van der Waals surface area contributed by atoms with Crippen molar-refractivity contribution in [2.45, 2.75) is 32.0 Å². The Bertz CT molecular complexity index is 603. The van der Waals surface area contributed by atoms with Crippen LogP contribution in [-0.4, -0.2) is 22.0 Å². The summed E-state index contributed by atoms with van der Waals surface area (Å²) in [6.07, 6.45) is 2.60. The first kappa shape index (κ1) is 14.1. The van der Waals surface area contributed by atoms with Crippen molar-refractivity contribution in [3.8, 4) is 0 Å². The van der Waals surface area contributed by atoms with E-state index in [-0.39, 0.29) is 5.84 Å². The molecule has 0 aliphatic heterocycles. The van der Waals surface area contributed by atoms with Crippen LogP contribution >= 0.6 is 11.3 Å². The summed E-state index contributed by atoms with van der Waals surface area (Å²) in [7, 11) is 0. The molecule has 1 aliphatic carbocycles. The Morgan fingerprint density at radius 2 is 1.90 bits per heavy atom. The number of hydrogen-bond acceptors (Lipinski definition) is 4. The van der Waals surface area contributed by atoms with Gasteiger partial charge in [-0.05, 0) is 40.8 Å². The first-order valence-corrected chi connectivity index (χ1v) is 8.02. The van der Waals surface area contributed by atoms with E-state index in [1.54, 1.807) is 11.3 Å². The van der Waals surface area contributed by atoms with Gasteiger partial charge in [-0.2, -0.15) is 11.3 Å². The minimum atomic E-state index is 0.152. The van der Waals surface area contributed by atoms with Crippen molar-refractivity contribution < 1.29 is 5.21 Å². The molecule has 1 fully saturated rings. The molecule has 1 heterocycles. The Labute approximate surface area is 128 Å². The molecule has 2 aromatic rings. The van der Waals surface area contributed by atoms with Gasteiger partial charge in [0.1, 0.15) is 0 Å². The Morgan fingerprint density at radius 3 is 2.48 bits per heavy atom. The summed E-state index contributed by atoms with van der Waals surface area (Å²) in [5.74, 6) is 0.152. The second-order valence-corrected chi connectivity index (χ2v) is 6.23. The molecule has 1 aliphatic rings. The van der Waals surface area contributed by atoms with Crippen molar-refractivity contribution in [2.24, 2.45) is 10.9 Å². The molecule has 0 unspecified atom stereocenters. The fourth-order valence-corrected chi connectivity index (χ4v) is 3.10. The van der Waals surface area contributed by atoms with Crippen LogP contribution in [0.3, 0.4) is 0 Å². The van der Waals surface area contributed by atoms with E-state index in [0.717, 1.165) is 18.7 Å². The number of oxime groups is 1. The average molecular weight is 301 g/mol. The monoisotopic (exact) mass is 301 g/mol. The van der Waals surface area contributed by atoms with Gasteiger partial charge in [0.05, 0.1) is 0 Å². The smallest absolute Gasteiger partial charge is 0.170 e. The van der Waals surface area contributed by atoms with Gasteiger partial charge in [-0.3, -0.25) is 4.90 Å². The molecule has 0 bridgehead atoms. The van der Waals surface area contributed by atoms with Crippen LogP contribution in [0.25, 0.3) is 0 Å². The lowest BCUT2D eigenvalue weighted by Gasteiger charge is -2.21. The van der Waals surface area contributed by atoms with Gasteiger partial charge in [-0.15, -0.1) is 0 Å². The third-order valence-corrected chi connectivity index (χ3v) is 4.50. The third-order valence-electron chi connectivity index (χ3n) is 3.77. The van der Waals surface area contributed by atoms with Crippen LogP contribution in [0.1, 0.15) is 29.5 Å². The van der Waals surface area contributed by atoms with Gasteiger partial charge in [0.2, 0.25) is 0 Å². The maximum absolute atomic E-state index is 8.68. The molecule has 0 amide bonds. The summed E-state index contributed by atoms with van der Waals surface area (Å²) in [6.45, 7) is 1.95. The minimum absolute atomic E-state index is 0.152. The van der Waals surface area contributed by atoms with Crippen LogP contribution in [0.2, 0.25) is 0 Å². The predicted octanol–water partition coefficient (Wildman–Crippen LogP) is 3.01.